The van der Waals surface area contributed by atoms with Crippen LogP contribution in [-0.2, 0) is 10.0 Å². The van der Waals surface area contributed by atoms with Crippen LogP contribution >= 0.6 is 23.2 Å². The highest BCUT2D eigenvalue weighted by molar-refractivity contribution is 7.89. The van der Waals surface area contributed by atoms with Crippen LogP contribution < -0.4 is 4.72 Å². The second kappa shape index (κ2) is 6.06. The van der Waals surface area contributed by atoms with Crippen LogP contribution in [0.5, 0.6) is 0 Å². The predicted molar refractivity (Wildman–Crippen MR) is 70.3 cm³/mol. The molecular formula is C10H11Cl2NO5S. The molecule has 6 nitrogen and oxygen atoms in total. The maximum absolute atomic E-state index is 11.9. The molecular weight excluding hydrogens is 317 g/mol. The highest BCUT2D eigenvalue weighted by atomic mass is 35.5. The number of aliphatic hydroxyl groups is 1. The molecule has 9 heteroatoms. The third kappa shape index (κ3) is 4.05. The third-order valence-corrected chi connectivity index (χ3v) is 4.31. The quantitative estimate of drug-likeness (QED) is 0.757. The van der Waals surface area contributed by atoms with Crippen LogP contribution in [0.1, 0.15) is 17.3 Å². The summed E-state index contributed by atoms with van der Waals surface area (Å²) >= 11 is 11.4. The average Bonchev–Trinajstić information content (AvgIpc) is 2.25. The first-order chi connectivity index (χ1) is 8.65. The summed E-state index contributed by atoms with van der Waals surface area (Å²) in [5.41, 5.74) is -0.372. The first-order valence-corrected chi connectivity index (χ1v) is 7.29. The lowest BCUT2D eigenvalue weighted by Gasteiger charge is -2.11. The SMILES string of the molecule is C[C@H](O)CNS(=O)(=O)c1cc(C(=O)O)c(Cl)cc1Cl. The molecule has 0 aromatic heterocycles. The van der Waals surface area contributed by atoms with Crippen molar-refractivity contribution in [1.29, 1.82) is 0 Å². The fourth-order valence-electron chi connectivity index (χ4n) is 1.21. The Morgan fingerprint density at radius 2 is 1.95 bits per heavy atom. The van der Waals surface area contributed by atoms with Gasteiger partial charge in [0.2, 0.25) is 10.0 Å². The van der Waals surface area contributed by atoms with Crippen LogP contribution in [0.3, 0.4) is 0 Å². The summed E-state index contributed by atoms with van der Waals surface area (Å²) in [6.45, 7) is 1.18. The van der Waals surface area contributed by atoms with Gasteiger partial charge in [0.1, 0.15) is 4.90 Å². The Bertz CT molecular complexity index is 600. The molecule has 19 heavy (non-hydrogen) atoms. The molecule has 0 heterocycles. The minimum absolute atomic E-state index is 0.160. The van der Waals surface area contributed by atoms with E-state index in [1.54, 1.807) is 0 Å². The maximum Gasteiger partial charge on any atom is 0.337 e. The molecule has 0 unspecified atom stereocenters. The van der Waals surface area contributed by atoms with Gasteiger partial charge in [-0.2, -0.15) is 0 Å². The zero-order valence-corrected chi connectivity index (χ0v) is 12.1. The molecule has 0 saturated heterocycles. The van der Waals surface area contributed by atoms with E-state index in [1.165, 1.54) is 6.92 Å². The summed E-state index contributed by atoms with van der Waals surface area (Å²) in [4.78, 5) is 10.5. The maximum atomic E-state index is 11.9. The van der Waals surface area contributed by atoms with Gasteiger partial charge in [0.25, 0.3) is 0 Å². The summed E-state index contributed by atoms with van der Waals surface area (Å²) in [6, 6.07) is 1.92. The molecule has 0 aliphatic heterocycles. The molecule has 0 amide bonds. The molecule has 106 valence electrons. The molecule has 0 radical (unpaired) electrons. The lowest BCUT2D eigenvalue weighted by Crippen LogP contribution is -2.31. The van der Waals surface area contributed by atoms with Gasteiger partial charge < -0.3 is 10.2 Å². The van der Waals surface area contributed by atoms with E-state index in [0.717, 1.165) is 12.1 Å². The Labute approximate surface area is 120 Å². The summed E-state index contributed by atoms with van der Waals surface area (Å²) in [5, 5.41) is 17.6. The molecule has 0 bridgehead atoms. The predicted octanol–water partition coefficient (Wildman–Crippen LogP) is 1.35. The average molecular weight is 328 g/mol. The van der Waals surface area contributed by atoms with Crippen molar-refractivity contribution in [3.8, 4) is 0 Å². The number of hydrogen-bond acceptors (Lipinski definition) is 4. The lowest BCUT2D eigenvalue weighted by atomic mass is 10.2. The number of sulfonamides is 1. The second-order valence-corrected chi connectivity index (χ2v) is 6.32. The minimum Gasteiger partial charge on any atom is -0.478 e. The topological polar surface area (TPSA) is 104 Å². The zero-order chi connectivity index (χ0) is 14.8. The van der Waals surface area contributed by atoms with Crippen molar-refractivity contribution in [2.24, 2.45) is 0 Å². The molecule has 0 aliphatic rings. The van der Waals surface area contributed by atoms with Gasteiger partial charge in [0, 0.05) is 6.54 Å². The number of halogens is 2. The van der Waals surface area contributed by atoms with Crippen molar-refractivity contribution >= 4 is 39.2 Å². The van der Waals surface area contributed by atoms with Crippen molar-refractivity contribution in [3.05, 3.63) is 27.7 Å². The number of aliphatic hydroxyl groups excluding tert-OH is 1. The highest BCUT2D eigenvalue weighted by Crippen LogP contribution is 2.28. The van der Waals surface area contributed by atoms with Crippen molar-refractivity contribution in [2.75, 3.05) is 6.54 Å². The normalized spacial score (nSPS) is 13.3. The number of benzene rings is 1. The van der Waals surface area contributed by atoms with Crippen LogP contribution in [0, 0.1) is 0 Å². The lowest BCUT2D eigenvalue weighted by molar-refractivity contribution is 0.0697. The molecule has 1 aromatic rings. The van der Waals surface area contributed by atoms with E-state index in [0.29, 0.717) is 0 Å². The van der Waals surface area contributed by atoms with Crippen LogP contribution in [0.2, 0.25) is 10.0 Å². The Morgan fingerprint density at radius 3 is 2.42 bits per heavy atom. The minimum atomic E-state index is -4.02. The third-order valence-electron chi connectivity index (χ3n) is 2.11. The number of carboxylic acid groups (broad SMARTS) is 1. The van der Waals surface area contributed by atoms with E-state index < -0.39 is 27.0 Å². The molecule has 1 rings (SSSR count). The molecule has 1 aromatic carbocycles. The summed E-state index contributed by atoms with van der Waals surface area (Å²) in [6.07, 6.45) is -0.889. The van der Waals surface area contributed by atoms with Gasteiger partial charge in [-0.25, -0.2) is 17.9 Å². The largest absolute Gasteiger partial charge is 0.478 e. The molecule has 1 atom stereocenters. The standard InChI is InChI=1S/C10H11Cl2NO5S/c1-5(14)4-13-19(17,18)9-2-6(10(15)16)7(11)3-8(9)12/h2-3,5,13-14H,4H2,1H3,(H,15,16)/t5-/m0/s1. The Balaban J connectivity index is 3.27. The van der Waals surface area contributed by atoms with E-state index >= 15 is 0 Å². The van der Waals surface area contributed by atoms with Gasteiger partial charge in [0.05, 0.1) is 21.7 Å². The Morgan fingerprint density at radius 1 is 1.37 bits per heavy atom. The van der Waals surface area contributed by atoms with Gasteiger partial charge in [-0.15, -0.1) is 0 Å². The van der Waals surface area contributed by atoms with Gasteiger partial charge in [-0.3, -0.25) is 0 Å². The molecule has 0 fully saturated rings. The van der Waals surface area contributed by atoms with E-state index in [9.17, 15) is 13.2 Å². The Kier molecular flexibility index (Phi) is 5.17. The number of hydrogen-bond donors (Lipinski definition) is 3. The first-order valence-electron chi connectivity index (χ1n) is 5.05. The van der Waals surface area contributed by atoms with E-state index in [4.69, 9.17) is 33.4 Å². The van der Waals surface area contributed by atoms with E-state index in [1.807, 2.05) is 0 Å². The van der Waals surface area contributed by atoms with Crippen LogP contribution in [0.4, 0.5) is 0 Å². The van der Waals surface area contributed by atoms with Crippen molar-refractivity contribution in [2.45, 2.75) is 17.9 Å². The van der Waals surface area contributed by atoms with Crippen LogP contribution in [-0.4, -0.2) is 37.2 Å². The van der Waals surface area contributed by atoms with Crippen LogP contribution in [0.25, 0.3) is 0 Å². The smallest absolute Gasteiger partial charge is 0.337 e. The molecule has 0 saturated carbocycles. The fraction of sp³-hybridized carbons (Fsp3) is 0.300. The van der Waals surface area contributed by atoms with Gasteiger partial charge in [-0.05, 0) is 19.1 Å². The summed E-state index contributed by atoms with van der Waals surface area (Å²) in [5.74, 6) is -1.37. The summed E-state index contributed by atoms with van der Waals surface area (Å²) in [7, 11) is -4.02. The monoisotopic (exact) mass is 327 g/mol. The van der Waals surface area contributed by atoms with Gasteiger partial charge >= 0.3 is 5.97 Å². The van der Waals surface area contributed by atoms with E-state index in [2.05, 4.69) is 4.72 Å². The number of carboxylic acids is 1. The molecule has 0 aliphatic carbocycles. The number of aromatic carboxylic acids is 1. The van der Waals surface area contributed by atoms with Crippen LogP contribution in [0.15, 0.2) is 17.0 Å². The van der Waals surface area contributed by atoms with Crippen molar-refractivity contribution < 1.29 is 23.4 Å². The fourth-order valence-corrected chi connectivity index (χ4v) is 3.18. The van der Waals surface area contributed by atoms with E-state index in [-0.39, 0.29) is 22.2 Å². The highest BCUT2D eigenvalue weighted by Gasteiger charge is 2.22. The number of nitrogens with one attached hydrogen (secondary N) is 1. The number of carbonyl (C=O) groups is 1. The molecule has 0 spiro atoms. The molecule has 3 N–H and O–H groups in total. The zero-order valence-electron chi connectivity index (χ0n) is 9.72. The Hall–Kier alpha value is -0.860. The van der Waals surface area contributed by atoms with Gasteiger partial charge in [0.15, 0.2) is 0 Å². The summed E-state index contributed by atoms with van der Waals surface area (Å²) < 4.78 is 25.9. The van der Waals surface area contributed by atoms with Gasteiger partial charge in [-0.1, -0.05) is 23.2 Å². The van der Waals surface area contributed by atoms with Crippen molar-refractivity contribution in [1.82, 2.24) is 4.72 Å². The second-order valence-electron chi connectivity index (χ2n) is 3.77. The van der Waals surface area contributed by atoms with Crippen molar-refractivity contribution in [3.63, 3.8) is 0 Å². The first kappa shape index (κ1) is 16.2. The number of rotatable bonds is 5.